The molecule has 0 heterocycles. The Balaban J connectivity index is 1.79. The Morgan fingerprint density at radius 1 is 1.11 bits per heavy atom. The summed E-state index contributed by atoms with van der Waals surface area (Å²) >= 11 is 0. The standard InChI is InChI=1S/C17H19NO/c1-18(12-14-7-3-5-9-17(14)19)16-11-10-13-6-2-4-8-15(13)16/h2-9,16,19H,10-12H2,1H3. The minimum atomic E-state index is 0.389. The zero-order valence-corrected chi connectivity index (χ0v) is 11.2. The number of para-hydroxylation sites is 1. The van der Waals surface area contributed by atoms with E-state index in [1.165, 1.54) is 17.5 Å². The average molecular weight is 253 g/mol. The van der Waals surface area contributed by atoms with Crippen LogP contribution in [0.1, 0.15) is 29.2 Å². The van der Waals surface area contributed by atoms with Crippen LogP contribution in [0.2, 0.25) is 0 Å². The molecule has 19 heavy (non-hydrogen) atoms. The third kappa shape index (κ3) is 2.36. The van der Waals surface area contributed by atoms with Gasteiger partial charge in [-0.2, -0.15) is 0 Å². The van der Waals surface area contributed by atoms with Gasteiger partial charge < -0.3 is 5.11 Å². The molecule has 1 aliphatic rings. The van der Waals surface area contributed by atoms with Crippen LogP contribution < -0.4 is 0 Å². The summed E-state index contributed by atoms with van der Waals surface area (Å²) in [6, 6.07) is 16.7. The summed E-state index contributed by atoms with van der Waals surface area (Å²) in [5, 5.41) is 9.87. The highest BCUT2D eigenvalue weighted by Gasteiger charge is 2.25. The molecule has 0 amide bonds. The molecule has 3 rings (SSSR count). The number of benzene rings is 2. The van der Waals surface area contributed by atoms with Gasteiger partial charge in [0.15, 0.2) is 0 Å². The minimum Gasteiger partial charge on any atom is -0.508 e. The van der Waals surface area contributed by atoms with Gasteiger partial charge in [0.25, 0.3) is 0 Å². The van der Waals surface area contributed by atoms with Gasteiger partial charge in [-0.15, -0.1) is 0 Å². The fourth-order valence-corrected chi connectivity index (χ4v) is 3.02. The lowest BCUT2D eigenvalue weighted by molar-refractivity contribution is 0.233. The van der Waals surface area contributed by atoms with Crippen LogP contribution in [0.3, 0.4) is 0 Å². The van der Waals surface area contributed by atoms with Gasteiger partial charge in [0.2, 0.25) is 0 Å². The van der Waals surface area contributed by atoms with E-state index in [1.54, 1.807) is 6.07 Å². The van der Waals surface area contributed by atoms with Gasteiger partial charge in [-0.1, -0.05) is 42.5 Å². The molecule has 1 atom stereocenters. The molecule has 2 aromatic carbocycles. The second-order valence-corrected chi connectivity index (χ2v) is 5.30. The van der Waals surface area contributed by atoms with Crippen LogP contribution in [0, 0.1) is 0 Å². The monoisotopic (exact) mass is 253 g/mol. The Morgan fingerprint density at radius 2 is 1.84 bits per heavy atom. The molecule has 1 N–H and O–H groups in total. The fraction of sp³-hybridized carbons (Fsp3) is 0.294. The molecule has 1 unspecified atom stereocenters. The number of phenolic OH excluding ortho intramolecular Hbond substituents is 1. The number of rotatable bonds is 3. The molecule has 2 aromatic rings. The second kappa shape index (κ2) is 5.06. The summed E-state index contributed by atoms with van der Waals surface area (Å²) in [7, 11) is 2.14. The second-order valence-electron chi connectivity index (χ2n) is 5.30. The zero-order chi connectivity index (χ0) is 13.2. The first kappa shape index (κ1) is 12.2. The van der Waals surface area contributed by atoms with Crippen molar-refractivity contribution in [3.8, 4) is 5.75 Å². The Hall–Kier alpha value is -1.80. The van der Waals surface area contributed by atoms with Crippen molar-refractivity contribution in [1.82, 2.24) is 4.90 Å². The number of fused-ring (bicyclic) bond motifs is 1. The highest BCUT2D eigenvalue weighted by Crippen LogP contribution is 2.35. The Labute approximate surface area is 114 Å². The largest absolute Gasteiger partial charge is 0.508 e. The van der Waals surface area contributed by atoms with Gasteiger partial charge in [0.1, 0.15) is 5.75 Å². The topological polar surface area (TPSA) is 23.5 Å². The van der Waals surface area contributed by atoms with Gasteiger partial charge in [-0.05, 0) is 37.1 Å². The zero-order valence-electron chi connectivity index (χ0n) is 11.2. The Morgan fingerprint density at radius 3 is 2.68 bits per heavy atom. The van der Waals surface area contributed by atoms with E-state index in [-0.39, 0.29) is 0 Å². The van der Waals surface area contributed by atoms with Gasteiger partial charge in [-0.25, -0.2) is 0 Å². The number of aromatic hydroxyl groups is 1. The van der Waals surface area contributed by atoms with E-state index in [2.05, 4.69) is 36.2 Å². The van der Waals surface area contributed by atoms with E-state index in [1.807, 2.05) is 18.2 Å². The third-order valence-corrected chi connectivity index (χ3v) is 4.04. The first-order valence-corrected chi connectivity index (χ1v) is 6.80. The number of nitrogens with zero attached hydrogens (tertiary/aromatic N) is 1. The molecule has 2 nitrogen and oxygen atoms in total. The van der Waals surface area contributed by atoms with Crippen molar-refractivity contribution in [2.24, 2.45) is 0 Å². The van der Waals surface area contributed by atoms with Crippen LogP contribution in [0.5, 0.6) is 5.75 Å². The van der Waals surface area contributed by atoms with Crippen molar-refractivity contribution < 1.29 is 5.11 Å². The highest BCUT2D eigenvalue weighted by atomic mass is 16.3. The van der Waals surface area contributed by atoms with Gasteiger partial charge >= 0.3 is 0 Å². The average Bonchev–Trinajstić information content (AvgIpc) is 2.85. The van der Waals surface area contributed by atoms with Crippen LogP contribution in [0.25, 0.3) is 0 Å². The molecule has 0 bridgehead atoms. The maximum atomic E-state index is 9.87. The summed E-state index contributed by atoms with van der Waals surface area (Å²) in [6.07, 6.45) is 2.33. The predicted octanol–water partition coefficient (Wildman–Crippen LogP) is 3.51. The normalized spacial score (nSPS) is 17.7. The van der Waals surface area contributed by atoms with Gasteiger partial charge in [-0.3, -0.25) is 4.90 Å². The summed E-state index contributed by atoms with van der Waals surface area (Å²) in [5.41, 5.74) is 3.91. The lowest BCUT2D eigenvalue weighted by atomic mass is 10.1. The molecular weight excluding hydrogens is 234 g/mol. The van der Waals surface area contributed by atoms with E-state index >= 15 is 0 Å². The summed E-state index contributed by atoms with van der Waals surface area (Å²) in [4.78, 5) is 2.33. The maximum absolute atomic E-state index is 9.87. The third-order valence-electron chi connectivity index (χ3n) is 4.04. The molecule has 2 heteroatoms. The smallest absolute Gasteiger partial charge is 0.120 e. The summed E-state index contributed by atoms with van der Waals surface area (Å²) in [6.45, 7) is 0.783. The predicted molar refractivity (Wildman–Crippen MR) is 77.1 cm³/mol. The molecule has 98 valence electrons. The first-order valence-electron chi connectivity index (χ1n) is 6.80. The number of hydrogen-bond acceptors (Lipinski definition) is 2. The van der Waals surface area contributed by atoms with Crippen LogP contribution in [-0.2, 0) is 13.0 Å². The SMILES string of the molecule is CN(Cc1ccccc1O)C1CCc2ccccc21. The molecule has 0 spiro atoms. The first-order chi connectivity index (χ1) is 9.25. The fourth-order valence-electron chi connectivity index (χ4n) is 3.02. The van der Waals surface area contributed by atoms with E-state index in [0.717, 1.165) is 18.5 Å². The van der Waals surface area contributed by atoms with E-state index in [9.17, 15) is 5.11 Å². The van der Waals surface area contributed by atoms with Crippen LogP contribution >= 0.6 is 0 Å². The molecular formula is C17H19NO. The van der Waals surface area contributed by atoms with Crippen LogP contribution in [0.4, 0.5) is 0 Å². The summed E-state index contributed by atoms with van der Waals surface area (Å²) < 4.78 is 0. The quantitative estimate of drug-likeness (QED) is 0.904. The van der Waals surface area contributed by atoms with Crippen molar-refractivity contribution in [2.75, 3.05) is 7.05 Å². The van der Waals surface area contributed by atoms with Crippen molar-refractivity contribution in [3.63, 3.8) is 0 Å². The molecule has 1 aliphatic carbocycles. The molecule has 0 saturated carbocycles. The van der Waals surface area contributed by atoms with Crippen molar-refractivity contribution in [3.05, 3.63) is 65.2 Å². The van der Waals surface area contributed by atoms with E-state index in [0.29, 0.717) is 11.8 Å². The van der Waals surface area contributed by atoms with Crippen LogP contribution in [-0.4, -0.2) is 17.1 Å². The summed E-state index contributed by atoms with van der Waals surface area (Å²) in [5.74, 6) is 0.389. The molecule has 0 radical (unpaired) electrons. The van der Waals surface area contributed by atoms with E-state index < -0.39 is 0 Å². The van der Waals surface area contributed by atoms with Crippen LogP contribution in [0.15, 0.2) is 48.5 Å². The van der Waals surface area contributed by atoms with E-state index in [4.69, 9.17) is 0 Å². The maximum Gasteiger partial charge on any atom is 0.120 e. The van der Waals surface area contributed by atoms with Crippen molar-refractivity contribution in [1.29, 1.82) is 0 Å². The van der Waals surface area contributed by atoms with Gasteiger partial charge in [0, 0.05) is 18.2 Å². The highest BCUT2D eigenvalue weighted by molar-refractivity contribution is 5.35. The molecule has 0 aromatic heterocycles. The molecule has 0 saturated heterocycles. The minimum absolute atomic E-state index is 0.389. The Kier molecular flexibility index (Phi) is 3.26. The Bertz CT molecular complexity index is 579. The van der Waals surface area contributed by atoms with Crippen molar-refractivity contribution >= 4 is 0 Å². The number of aryl methyl sites for hydroxylation is 1. The molecule has 0 fully saturated rings. The van der Waals surface area contributed by atoms with Crippen molar-refractivity contribution in [2.45, 2.75) is 25.4 Å². The van der Waals surface area contributed by atoms with Gasteiger partial charge in [0.05, 0.1) is 0 Å². The number of phenols is 1. The lowest BCUT2D eigenvalue weighted by Crippen LogP contribution is -2.22. The number of hydrogen-bond donors (Lipinski definition) is 1. The lowest BCUT2D eigenvalue weighted by Gasteiger charge is -2.25. The molecule has 0 aliphatic heterocycles.